The Kier molecular flexibility index (Phi) is 2.88. The van der Waals surface area contributed by atoms with E-state index in [1.165, 1.54) is 12.1 Å². The van der Waals surface area contributed by atoms with Crippen molar-refractivity contribution in [1.29, 1.82) is 0 Å². The molecule has 0 amide bonds. The van der Waals surface area contributed by atoms with Crippen molar-refractivity contribution in [3.8, 4) is 5.75 Å². The van der Waals surface area contributed by atoms with Gasteiger partial charge in [-0.15, -0.1) is 0 Å². The third-order valence-corrected chi connectivity index (χ3v) is 3.54. The molecule has 0 aromatic heterocycles. The van der Waals surface area contributed by atoms with Gasteiger partial charge in [-0.2, -0.15) is 8.42 Å². The molecule has 1 aromatic rings. The molecule has 0 bridgehead atoms. The van der Waals surface area contributed by atoms with Crippen LogP contribution in [-0.2, 0) is 14.9 Å². The summed E-state index contributed by atoms with van der Waals surface area (Å²) in [5.74, 6) is -1.86. The normalized spacial score (nSPS) is 23.6. The Morgan fingerprint density at radius 2 is 2.18 bits per heavy atom. The van der Waals surface area contributed by atoms with Crippen LogP contribution < -0.4 is 4.74 Å². The second-order valence-corrected chi connectivity index (χ2v) is 5.25. The molecule has 2 unspecified atom stereocenters. The zero-order valence-electron chi connectivity index (χ0n) is 8.54. The number of aldehydes is 1. The minimum atomic E-state index is -4.48. The van der Waals surface area contributed by atoms with Crippen LogP contribution >= 0.6 is 0 Å². The van der Waals surface area contributed by atoms with Gasteiger partial charge in [-0.3, -0.25) is 4.55 Å². The number of carbonyl (C=O) groups is 1. The van der Waals surface area contributed by atoms with E-state index < -0.39 is 27.3 Å². The average molecular weight is 260 g/mol. The molecular weight excluding hydrogens is 251 g/mol. The summed E-state index contributed by atoms with van der Waals surface area (Å²) in [5, 5.41) is 0. The quantitative estimate of drug-likeness (QED) is 0.636. The van der Waals surface area contributed by atoms with Crippen LogP contribution in [0.4, 0.5) is 4.39 Å². The van der Waals surface area contributed by atoms with Gasteiger partial charge in [-0.1, -0.05) is 12.1 Å². The molecule has 2 rings (SSSR count). The molecule has 7 heteroatoms. The van der Waals surface area contributed by atoms with Crippen LogP contribution in [0.5, 0.6) is 5.75 Å². The van der Waals surface area contributed by atoms with Gasteiger partial charge in [0.1, 0.15) is 6.29 Å². The van der Waals surface area contributed by atoms with Gasteiger partial charge in [-0.05, 0) is 6.07 Å². The Hall–Kier alpha value is -1.47. The van der Waals surface area contributed by atoms with Gasteiger partial charge in [0.15, 0.2) is 11.6 Å². The van der Waals surface area contributed by atoms with E-state index in [1.54, 1.807) is 0 Å². The predicted molar refractivity (Wildman–Crippen MR) is 55.8 cm³/mol. The highest BCUT2D eigenvalue weighted by Gasteiger charge is 2.36. The number of hydrogen-bond acceptors (Lipinski definition) is 4. The van der Waals surface area contributed by atoms with E-state index in [0.29, 0.717) is 11.8 Å². The Morgan fingerprint density at radius 3 is 2.76 bits per heavy atom. The van der Waals surface area contributed by atoms with Crippen molar-refractivity contribution in [2.24, 2.45) is 0 Å². The number of halogens is 1. The number of para-hydroxylation sites is 1. The van der Waals surface area contributed by atoms with Crippen LogP contribution in [0, 0.1) is 5.82 Å². The van der Waals surface area contributed by atoms with Crippen molar-refractivity contribution in [3.63, 3.8) is 0 Å². The highest BCUT2D eigenvalue weighted by molar-refractivity contribution is 7.86. The molecule has 1 heterocycles. The summed E-state index contributed by atoms with van der Waals surface area (Å²) in [7, 11) is -4.48. The van der Waals surface area contributed by atoms with Crippen LogP contribution in [0.25, 0.3) is 0 Å². The summed E-state index contributed by atoms with van der Waals surface area (Å²) in [6.45, 7) is 0. The maximum absolute atomic E-state index is 13.4. The molecule has 0 radical (unpaired) electrons. The number of fused-ring (bicyclic) bond motifs is 1. The highest BCUT2D eigenvalue weighted by Crippen LogP contribution is 2.38. The van der Waals surface area contributed by atoms with E-state index in [4.69, 9.17) is 9.29 Å². The molecule has 0 fully saturated rings. The first kappa shape index (κ1) is 12.0. The fourth-order valence-electron chi connectivity index (χ4n) is 1.77. The third-order valence-electron chi connectivity index (χ3n) is 2.59. The molecule has 1 aromatic carbocycles. The second kappa shape index (κ2) is 4.08. The van der Waals surface area contributed by atoms with E-state index in [1.807, 2.05) is 0 Å². The molecule has 2 atom stereocenters. The number of ether oxygens (including phenoxy) is 1. The standard InChI is InChI=1S/C10H9FO5S/c11-8-3-1-2-7-6(5-12)4-9(16-10(7)8)17(13,14)15/h1-3,5-6,9H,4H2,(H,13,14,15). The van der Waals surface area contributed by atoms with E-state index in [0.717, 1.165) is 6.07 Å². The van der Waals surface area contributed by atoms with Crippen LogP contribution in [-0.4, -0.2) is 24.7 Å². The van der Waals surface area contributed by atoms with Gasteiger partial charge in [0.25, 0.3) is 0 Å². The summed E-state index contributed by atoms with van der Waals surface area (Å²) < 4.78 is 49.1. The van der Waals surface area contributed by atoms with Gasteiger partial charge < -0.3 is 9.53 Å². The first-order valence-electron chi connectivity index (χ1n) is 4.80. The molecule has 1 aliphatic rings. The van der Waals surface area contributed by atoms with Crippen molar-refractivity contribution < 1.29 is 26.9 Å². The van der Waals surface area contributed by atoms with Crippen molar-refractivity contribution in [2.45, 2.75) is 17.8 Å². The van der Waals surface area contributed by atoms with Gasteiger partial charge in [0.2, 0.25) is 5.44 Å². The van der Waals surface area contributed by atoms with Crippen molar-refractivity contribution >= 4 is 16.4 Å². The fraction of sp³-hybridized carbons (Fsp3) is 0.300. The van der Waals surface area contributed by atoms with Gasteiger partial charge >= 0.3 is 10.1 Å². The predicted octanol–water partition coefficient (Wildman–Crippen LogP) is 1.10. The monoisotopic (exact) mass is 260 g/mol. The molecule has 0 saturated heterocycles. The molecule has 17 heavy (non-hydrogen) atoms. The van der Waals surface area contributed by atoms with E-state index >= 15 is 0 Å². The minimum absolute atomic E-state index is 0.223. The summed E-state index contributed by atoms with van der Waals surface area (Å²) in [6, 6.07) is 3.98. The number of carbonyl (C=O) groups excluding carboxylic acids is 1. The van der Waals surface area contributed by atoms with Crippen LogP contribution in [0.1, 0.15) is 17.9 Å². The maximum atomic E-state index is 13.4. The largest absolute Gasteiger partial charge is 0.469 e. The van der Waals surface area contributed by atoms with Gasteiger partial charge in [0, 0.05) is 17.9 Å². The summed E-state index contributed by atoms with van der Waals surface area (Å²) in [5.41, 5.74) is -1.32. The number of hydrogen-bond donors (Lipinski definition) is 1. The second-order valence-electron chi connectivity index (χ2n) is 3.70. The Morgan fingerprint density at radius 1 is 1.47 bits per heavy atom. The smallest absolute Gasteiger partial charge is 0.303 e. The van der Waals surface area contributed by atoms with Crippen LogP contribution in [0.15, 0.2) is 18.2 Å². The Labute approximate surface area is 97.0 Å². The first-order valence-corrected chi connectivity index (χ1v) is 6.30. The molecule has 1 N–H and O–H groups in total. The zero-order valence-corrected chi connectivity index (χ0v) is 9.35. The minimum Gasteiger partial charge on any atom is -0.469 e. The molecule has 1 aliphatic heterocycles. The average Bonchev–Trinajstić information content (AvgIpc) is 2.27. The lowest BCUT2D eigenvalue weighted by Crippen LogP contribution is -2.33. The lowest BCUT2D eigenvalue weighted by Gasteiger charge is -2.27. The Balaban J connectivity index is 2.51. The first-order chi connectivity index (χ1) is 7.93. The van der Waals surface area contributed by atoms with Gasteiger partial charge in [-0.25, -0.2) is 4.39 Å². The number of rotatable bonds is 2. The topological polar surface area (TPSA) is 80.7 Å². The van der Waals surface area contributed by atoms with Crippen LogP contribution in [0.3, 0.4) is 0 Å². The van der Waals surface area contributed by atoms with Crippen molar-refractivity contribution in [2.75, 3.05) is 0 Å². The summed E-state index contributed by atoms with van der Waals surface area (Å²) >= 11 is 0. The van der Waals surface area contributed by atoms with Crippen molar-refractivity contribution in [1.82, 2.24) is 0 Å². The van der Waals surface area contributed by atoms with E-state index in [9.17, 15) is 17.6 Å². The molecule has 0 aliphatic carbocycles. The SMILES string of the molecule is O=CC1CC(S(=O)(=O)O)Oc2c(F)cccc21. The number of benzene rings is 1. The molecule has 92 valence electrons. The van der Waals surface area contributed by atoms with Gasteiger partial charge in [0.05, 0.1) is 0 Å². The molecular formula is C10H9FO5S. The van der Waals surface area contributed by atoms with Crippen molar-refractivity contribution in [3.05, 3.63) is 29.6 Å². The van der Waals surface area contributed by atoms with E-state index in [2.05, 4.69) is 0 Å². The Bertz CT molecular complexity index is 554. The fourth-order valence-corrected chi connectivity index (χ4v) is 2.44. The lowest BCUT2D eigenvalue weighted by atomic mass is 9.94. The van der Waals surface area contributed by atoms with Crippen LogP contribution in [0.2, 0.25) is 0 Å². The summed E-state index contributed by atoms with van der Waals surface area (Å²) in [6.07, 6.45) is 0.289. The molecule has 0 spiro atoms. The zero-order chi connectivity index (χ0) is 12.6. The molecule has 0 saturated carbocycles. The third kappa shape index (κ3) is 2.16. The van der Waals surface area contributed by atoms with E-state index in [-0.39, 0.29) is 12.2 Å². The summed E-state index contributed by atoms with van der Waals surface area (Å²) in [4.78, 5) is 10.9. The highest BCUT2D eigenvalue weighted by atomic mass is 32.2. The molecule has 5 nitrogen and oxygen atoms in total. The maximum Gasteiger partial charge on any atom is 0.303 e. The lowest BCUT2D eigenvalue weighted by molar-refractivity contribution is -0.109.